The van der Waals surface area contributed by atoms with E-state index in [1.54, 1.807) is 0 Å². The number of nitrogens with zero attached hydrogens (tertiary/aromatic N) is 2. The number of carbonyl (C=O) groups is 1. The molecule has 0 amide bonds. The first-order valence-electron chi connectivity index (χ1n) is 7.55. The van der Waals surface area contributed by atoms with E-state index in [0.717, 1.165) is 30.5 Å². The van der Waals surface area contributed by atoms with Crippen LogP contribution in [0.1, 0.15) is 16.1 Å². The Labute approximate surface area is 161 Å². The summed E-state index contributed by atoms with van der Waals surface area (Å²) < 4.78 is 66.5. The molecule has 3 rings (SSSR count). The molecular weight excluding hydrogens is 419 g/mol. The van der Waals surface area contributed by atoms with E-state index in [9.17, 15) is 26.4 Å². The number of aromatic nitrogens is 2. The summed E-state index contributed by atoms with van der Waals surface area (Å²) in [6.45, 7) is 0. The highest BCUT2D eigenvalue weighted by atomic mass is 32.2. The number of sulfonamides is 1. The lowest BCUT2D eigenvalue weighted by atomic mass is 10.2. The molecule has 0 saturated heterocycles. The number of nitrogens with one attached hydrogen (secondary N) is 1. The van der Waals surface area contributed by atoms with Crippen molar-refractivity contribution in [1.82, 2.24) is 9.78 Å². The minimum atomic E-state index is -4.58. The molecule has 0 aliphatic heterocycles. The number of carboxylic acid groups (broad SMARTS) is 1. The number of rotatable bonds is 5. The maximum absolute atomic E-state index is 12.9. The summed E-state index contributed by atoms with van der Waals surface area (Å²) >= 11 is 0.745. The lowest BCUT2D eigenvalue weighted by Crippen LogP contribution is -2.12. The van der Waals surface area contributed by atoms with Crippen LogP contribution in [0.25, 0.3) is 10.6 Å². The summed E-state index contributed by atoms with van der Waals surface area (Å²) in [6, 6.07) is 8.67. The standard InChI is InChI=1S/C16H12F3N3O4S2/c1-22-13(16(17,18)19)8-11(20-22)12-5-6-14(27-12)28(25,26)21-10-4-2-3-9(7-10)15(23)24/h2-8,21H,1H3,(H,23,24). The maximum atomic E-state index is 12.9. The van der Waals surface area contributed by atoms with E-state index in [-0.39, 0.29) is 26.0 Å². The van der Waals surface area contributed by atoms with Crippen LogP contribution in [-0.4, -0.2) is 29.3 Å². The highest BCUT2D eigenvalue weighted by Gasteiger charge is 2.35. The van der Waals surface area contributed by atoms with Gasteiger partial charge in [0.1, 0.15) is 15.6 Å². The molecule has 2 N–H and O–H groups in total. The van der Waals surface area contributed by atoms with Crippen molar-refractivity contribution in [2.75, 3.05) is 4.72 Å². The molecular formula is C16H12F3N3O4S2. The summed E-state index contributed by atoms with van der Waals surface area (Å²) in [5.74, 6) is -1.21. The third-order valence-corrected chi connectivity index (χ3v) is 6.61. The van der Waals surface area contributed by atoms with Crippen LogP contribution in [0.2, 0.25) is 0 Å². The van der Waals surface area contributed by atoms with E-state index in [1.807, 2.05) is 0 Å². The Balaban J connectivity index is 1.89. The van der Waals surface area contributed by atoms with Crippen LogP contribution in [0, 0.1) is 0 Å². The van der Waals surface area contributed by atoms with Crippen molar-refractivity contribution in [3.63, 3.8) is 0 Å². The average molecular weight is 431 g/mol. The Morgan fingerprint density at radius 3 is 2.54 bits per heavy atom. The molecule has 12 heteroatoms. The Morgan fingerprint density at radius 2 is 1.93 bits per heavy atom. The van der Waals surface area contributed by atoms with Crippen LogP contribution in [0.5, 0.6) is 0 Å². The predicted molar refractivity (Wildman–Crippen MR) is 95.7 cm³/mol. The van der Waals surface area contributed by atoms with E-state index >= 15 is 0 Å². The molecule has 2 aromatic heterocycles. The Bertz CT molecular complexity index is 1150. The first-order valence-corrected chi connectivity index (χ1v) is 9.85. The molecule has 7 nitrogen and oxygen atoms in total. The number of alkyl halides is 3. The molecule has 0 spiro atoms. The van der Waals surface area contributed by atoms with Gasteiger partial charge in [0.05, 0.1) is 10.4 Å². The Hall–Kier alpha value is -2.86. The van der Waals surface area contributed by atoms with Crippen molar-refractivity contribution < 1.29 is 31.5 Å². The van der Waals surface area contributed by atoms with Gasteiger partial charge >= 0.3 is 12.1 Å². The predicted octanol–water partition coefficient (Wildman–Crippen LogP) is 3.67. The molecule has 1 aromatic carbocycles. The fourth-order valence-electron chi connectivity index (χ4n) is 2.38. The van der Waals surface area contributed by atoms with Crippen molar-refractivity contribution in [3.05, 3.63) is 53.7 Å². The van der Waals surface area contributed by atoms with Crippen molar-refractivity contribution in [1.29, 1.82) is 0 Å². The van der Waals surface area contributed by atoms with Gasteiger partial charge in [-0.1, -0.05) is 6.07 Å². The fraction of sp³-hybridized carbons (Fsp3) is 0.125. The average Bonchev–Trinajstić information content (AvgIpc) is 3.21. The number of hydrogen-bond acceptors (Lipinski definition) is 5. The van der Waals surface area contributed by atoms with Crippen molar-refractivity contribution in [2.45, 2.75) is 10.4 Å². The van der Waals surface area contributed by atoms with E-state index in [4.69, 9.17) is 5.11 Å². The van der Waals surface area contributed by atoms with Crippen LogP contribution in [-0.2, 0) is 23.2 Å². The zero-order valence-corrected chi connectivity index (χ0v) is 15.7. The number of thiophene rings is 1. The van der Waals surface area contributed by atoms with E-state index in [1.165, 1.54) is 30.3 Å². The molecule has 0 unspecified atom stereocenters. The molecule has 0 atom stereocenters. The first-order chi connectivity index (χ1) is 13.0. The molecule has 0 aliphatic carbocycles. The van der Waals surface area contributed by atoms with E-state index < -0.39 is 27.9 Å². The van der Waals surface area contributed by atoms with Gasteiger partial charge in [0.2, 0.25) is 0 Å². The molecule has 0 fully saturated rings. The topological polar surface area (TPSA) is 101 Å². The molecule has 0 bridgehead atoms. The normalized spacial score (nSPS) is 12.1. The van der Waals surface area contributed by atoms with Gasteiger partial charge in [-0.25, -0.2) is 13.2 Å². The van der Waals surface area contributed by atoms with Crippen LogP contribution >= 0.6 is 11.3 Å². The van der Waals surface area contributed by atoms with Gasteiger partial charge in [-0.15, -0.1) is 11.3 Å². The summed E-state index contributed by atoms with van der Waals surface area (Å²) in [5, 5.41) is 12.8. The number of anilines is 1. The molecule has 28 heavy (non-hydrogen) atoms. The molecule has 0 radical (unpaired) electrons. The fourth-order valence-corrected chi connectivity index (χ4v) is 4.69. The van der Waals surface area contributed by atoms with Gasteiger partial charge in [-0.05, 0) is 36.4 Å². The van der Waals surface area contributed by atoms with Gasteiger partial charge in [0, 0.05) is 12.7 Å². The van der Waals surface area contributed by atoms with Crippen LogP contribution in [0.4, 0.5) is 18.9 Å². The minimum absolute atomic E-state index is 0.00542. The van der Waals surface area contributed by atoms with Crippen LogP contribution in [0.3, 0.4) is 0 Å². The highest BCUT2D eigenvalue weighted by molar-refractivity contribution is 7.94. The largest absolute Gasteiger partial charge is 0.478 e. The lowest BCUT2D eigenvalue weighted by molar-refractivity contribution is -0.143. The highest BCUT2D eigenvalue weighted by Crippen LogP contribution is 2.35. The van der Waals surface area contributed by atoms with Gasteiger partial charge in [0.15, 0.2) is 0 Å². The van der Waals surface area contributed by atoms with E-state index in [2.05, 4.69) is 9.82 Å². The van der Waals surface area contributed by atoms with Crippen LogP contribution in [0.15, 0.2) is 46.7 Å². The third kappa shape index (κ3) is 4.02. The number of hydrogen-bond donors (Lipinski definition) is 2. The van der Waals surface area contributed by atoms with Crippen molar-refractivity contribution in [2.24, 2.45) is 7.05 Å². The van der Waals surface area contributed by atoms with Gasteiger partial charge in [0.25, 0.3) is 10.0 Å². The van der Waals surface area contributed by atoms with Gasteiger partial charge in [-0.2, -0.15) is 18.3 Å². The number of halogens is 3. The molecule has 2 heterocycles. The second-order valence-corrected chi connectivity index (χ2v) is 8.64. The first kappa shape index (κ1) is 19.9. The van der Waals surface area contributed by atoms with Gasteiger partial charge in [-0.3, -0.25) is 9.40 Å². The monoisotopic (exact) mass is 431 g/mol. The second kappa shape index (κ2) is 6.95. The second-order valence-electron chi connectivity index (χ2n) is 5.65. The van der Waals surface area contributed by atoms with E-state index in [0.29, 0.717) is 4.68 Å². The Morgan fingerprint density at radius 1 is 1.21 bits per heavy atom. The number of aryl methyl sites for hydroxylation is 1. The lowest BCUT2D eigenvalue weighted by Gasteiger charge is -2.06. The SMILES string of the molecule is Cn1nc(-c2ccc(S(=O)(=O)Nc3cccc(C(=O)O)c3)s2)cc1C(F)(F)F. The summed E-state index contributed by atoms with van der Waals surface area (Å²) in [5.41, 5.74) is -1.01. The smallest absolute Gasteiger partial charge is 0.433 e. The third-order valence-electron chi connectivity index (χ3n) is 3.63. The summed E-state index contributed by atoms with van der Waals surface area (Å²) in [6.07, 6.45) is -4.58. The maximum Gasteiger partial charge on any atom is 0.433 e. The zero-order valence-electron chi connectivity index (χ0n) is 14.1. The molecule has 0 aliphatic rings. The molecule has 0 saturated carbocycles. The quantitative estimate of drug-likeness (QED) is 0.642. The number of benzene rings is 1. The Kier molecular flexibility index (Phi) is 4.93. The number of aromatic carboxylic acids is 1. The van der Waals surface area contributed by atoms with Crippen LogP contribution < -0.4 is 4.72 Å². The van der Waals surface area contributed by atoms with Crippen molar-refractivity contribution >= 4 is 33.0 Å². The summed E-state index contributed by atoms with van der Waals surface area (Å²) in [4.78, 5) is 11.2. The molecule has 3 aromatic rings. The van der Waals surface area contributed by atoms with Crippen molar-refractivity contribution in [3.8, 4) is 10.6 Å². The summed E-state index contributed by atoms with van der Waals surface area (Å²) in [7, 11) is -2.91. The molecule has 148 valence electrons. The number of carboxylic acids is 1. The minimum Gasteiger partial charge on any atom is -0.478 e. The van der Waals surface area contributed by atoms with Gasteiger partial charge < -0.3 is 5.11 Å². The zero-order chi connectivity index (χ0) is 20.7.